The first-order valence-electron chi connectivity index (χ1n) is 4.92. The van der Waals surface area contributed by atoms with Crippen LogP contribution in [0.2, 0.25) is 0 Å². The Hall–Kier alpha value is -0.790. The van der Waals surface area contributed by atoms with E-state index in [4.69, 9.17) is 11.6 Å². The van der Waals surface area contributed by atoms with E-state index in [1.54, 1.807) is 0 Å². The van der Waals surface area contributed by atoms with Gasteiger partial charge in [0.05, 0.1) is 0 Å². The third-order valence-corrected chi connectivity index (χ3v) is 2.81. The van der Waals surface area contributed by atoms with Gasteiger partial charge >= 0.3 is 0 Å². The highest BCUT2D eigenvalue weighted by Crippen LogP contribution is 2.30. The van der Waals surface area contributed by atoms with Gasteiger partial charge in [-0.1, -0.05) is 42.4 Å². The minimum absolute atomic E-state index is 0.460. The van der Waals surface area contributed by atoms with Crippen molar-refractivity contribution in [3.63, 3.8) is 0 Å². The lowest BCUT2D eigenvalue weighted by atomic mass is 10.1. The zero-order chi connectivity index (χ0) is 9.97. The molecule has 1 aliphatic carbocycles. The maximum Gasteiger partial charge on any atom is 0.0329 e. The third kappa shape index (κ3) is 1.99. The van der Waals surface area contributed by atoms with Crippen molar-refractivity contribution >= 4 is 11.6 Å². The predicted molar refractivity (Wildman–Crippen MR) is 60.5 cm³/mol. The molecule has 0 saturated heterocycles. The molecule has 1 aliphatic rings. The van der Waals surface area contributed by atoms with Crippen molar-refractivity contribution < 1.29 is 0 Å². The molecule has 0 aliphatic heterocycles. The number of aryl methyl sites for hydroxylation is 1. The normalized spacial score (nSPS) is 19.4. The number of benzene rings is 1. The molecule has 0 amide bonds. The molecule has 14 heavy (non-hydrogen) atoms. The molecule has 0 spiro atoms. The highest BCUT2D eigenvalue weighted by molar-refractivity contribution is 6.29. The molecular weight excluding hydrogens is 194 g/mol. The Labute approximate surface area is 89.8 Å². The molecule has 0 heterocycles. The number of rotatable bonds is 3. The van der Waals surface area contributed by atoms with Crippen molar-refractivity contribution in [2.45, 2.75) is 18.9 Å². The molecule has 1 nitrogen and oxygen atoms in total. The maximum absolute atomic E-state index is 5.73. The highest BCUT2D eigenvalue weighted by Gasteiger charge is 2.20. The molecule has 1 aromatic rings. The topological polar surface area (TPSA) is 12.0 Å². The van der Waals surface area contributed by atoms with Crippen molar-refractivity contribution in [3.05, 3.63) is 47.0 Å². The summed E-state index contributed by atoms with van der Waals surface area (Å²) in [5, 5.41) is 4.08. The summed E-state index contributed by atoms with van der Waals surface area (Å²) in [6.45, 7) is 4.37. The van der Waals surface area contributed by atoms with E-state index in [1.165, 1.54) is 24.0 Å². The second-order valence-corrected chi connectivity index (χ2v) is 4.22. The van der Waals surface area contributed by atoms with E-state index in [0.717, 1.165) is 0 Å². The Morgan fingerprint density at radius 1 is 1.50 bits per heavy atom. The second-order valence-electron chi connectivity index (χ2n) is 3.69. The number of halogens is 1. The molecule has 1 atom stereocenters. The van der Waals surface area contributed by atoms with Crippen molar-refractivity contribution in [1.29, 1.82) is 0 Å². The van der Waals surface area contributed by atoms with Crippen LogP contribution in [-0.4, -0.2) is 6.54 Å². The molecule has 1 N–H and O–H groups in total. The molecule has 74 valence electrons. The summed E-state index contributed by atoms with van der Waals surface area (Å²) in [7, 11) is 0. The minimum Gasteiger partial charge on any atom is -0.305 e. The van der Waals surface area contributed by atoms with Crippen LogP contribution in [0.1, 0.15) is 23.6 Å². The van der Waals surface area contributed by atoms with Gasteiger partial charge in [-0.25, -0.2) is 0 Å². The zero-order valence-corrected chi connectivity index (χ0v) is 8.85. The Balaban J connectivity index is 2.07. The Bertz CT molecular complexity index is 346. The number of nitrogens with one attached hydrogen (secondary N) is 1. The fourth-order valence-corrected chi connectivity index (χ4v) is 2.08. The third-order valence-electron chi connectivity index (χ3n) is 2.67. The summed E-state index contributed by atoms with van der Waals surface area (Å²) in [6.07, 6.45) is 2.34. The van der Waals surface area contributed by atoms with Gasteiger partial charge in [0.15, 0.2) is 0 Å². The lowest BCUT2D eigenvalue weighted by molar-refractivity contribution is 0.562. The van der Waals surface area contributed by atoms with Gasteiger partial charge in [0.25, 0.3) is 0 Å². The van der Waals surface area contributed by atoms with Crippen LogP contribution < -0.4 is 5.32 Å². The molecule has 0 radical (unpaired) electrons. The Morgan fingerprint density at radius 3 is 3.07 bits per heavy atom. The lowest BCUT2D eigenvalue weighted by Gasteiger charge is -2.12. The molecule has 0 unspecified atom stereocenters. The minimum atomic E-state index is 0.460. The first-order valence-corrected chi connectivity index (χ1v) is 5.29. The maximum atomic E-state index is 5.73. The van der Waals surface area contributed by atoms with Gasteiger partial charge < -0.3 is 5.32 Å². The van der Waals surface area contributed by atoms with Gasteiger partial charge in [0.2, 0.25) is 0 Å². The van der Waals surface area contributed by atoms with Gasteiger partial charge in [-0.15, -0.1) is 0 Å². The molecular formula is C12H14ClN. The quantitative estimate of drug-likeness (QED) is 0.804. The van der Waals surface area contributed by atoms with E-state index in [2.05, 4.69) is 36.2 Å². The monoisotopic (exact) mass is 207 g/mol. The van der Waals surface area contributed by atoms with Crippen LogP contribution in [0.15, 0.2) is 35.9 Å². The first kappa shape index (κ1) is 9.75. The predicted octanol–water partition coefficient (Wildman–Crippen LogP) is 3.02. The van der Waals surface area contributed by atoms with E-state index in [0.29, 0.717) is 17.6 Å². The molecule has 2 rings (SSSR count). The van der Waals surface area contributed by atoms with Crippen molar-refractivity contribution in [3.8, 4) is 0 Å². The van der Waals surface area contributed by atoms with Gasteiger partial charge in [-0.2, -0.15) is 0 Å². The highest BCUT2D eigenvalue weighted by atomic mass is 35.5. The lowest BCUT2D eigenvalue weighted by Crippen LogP contribution is -2.20. The fourth-order valence-electron chi connectivity index (χ4n) is 2.00. The molecule has 0 bridgehead atoms. The molecule has 0 saturated carbocycles. The number of hydrogen-bond donors (Lipinski definition) is 1. The van der Waals surface area contributed by atoms with Crippen LogP contribution in [0.25, 0.3) is 0 Å². The second kappa shape index (κ2) is 4.16. The van der Waals surface area contributed by atoms with Crippen LogP contribution >= 0.6 is 11.6 Å². The zero-order valence-electron chi connectivity index (χ0n) is 8.09. The van der Waals surface area contributed by atoms with Crippen molar-refractivity contribution in [2.24, 2.45) is 0 Å². The summed E-state index contributed by atoms with van der Waals surface area (Å²) < 4.78 is 0. The first-order chi connectivity index (χ1) is 6.77. The average molecular weight is 208 g/mol. The van der Waals surface area contributed by atoms with Crippen LogP contribution in [0, 0.1) is 0 Å². The molecule has 2 heteroatoms. The van der Waals surface area contributed by atoms with E-state index in [1.807, 2.05) is 0 Å². The van der Waals surface area contributed by atoms with Crippen LogP contribution in [0.4, 0.5) is 0 Å². The van der Waals surface area contributed by atoms with Gasteiger partial charge in [0, 0.05) is 17.6 Å². The summed E-state index contributed by atoms with van der Waals surface area (Å²) in [4.78, 5) is 0. The smallest absolute Gasteiger partial charge is 0.0329 e. The molecule has 1 aromatic carbocycles. The van der Waals surface area contributed by atoms with Gasteiger partial charge in [-0.05, 0) is 24.0 Å². The van der Waals surface area contributed by atoms with Crippen LogP contribution in [0.3, 0.4) is 0 Å². The largest absolute Gasteiger partial charge is 0.305 e. The summed E-state index contributed by atoms with van der Waals surface area (Å²) in [5.74, 6) is 0. The number of hydrogen-bond acceptors (Lipinski definition) is 1. The average Bonchev–Trinajstić information content (AvgIpc) is 2.58. The van der Waals surface area contributed by atoms with Gasteiger partial charge in [-0.3, -0.25) is 0 Å². The van der Waals surface area contributed by atoms with Crippen molar-refractivity contribution in [1.82, 2.24) is 5.32 Å². The standard InChI is InChI=1S/C12H14ClN/c1-9(13)8-14-12-7-6-10-4-2-3-5-11(10)12/h2-5,12,14H,1,6-8H2/t12-/m0/s1. The van der Waals surface area contributed by atoms with Gasteiger partial charge in [0.1, 0.15) is 0 Å². The summed E-state index contributed by atoms with van der Waals surface area (Å²) in [6, 6.07) is 9.04. The van der Waals surface area contributed by atoms with E-state index < -0.39 is 0 Å². The van der Waals surface area contributed by atoms with E-state index in [-0.39, 0.29) is 0 Å². The van der Waals surface area contributed by atoms with Crippen LogP contribution in [-0.2, 0) is 6.42 Å². The fraction of sp³-hybridized carbons (Fsp3) is 0.333. The van der Waals surface area contributed by atoms with E-state index >= 15 is 0 Å². The van der Waals surface area contributed by atoms with Crippen LogP contribution in [0.5, 0.6) is 0 Å². The van der Waals surface area contributed by atoms with Crippen molar-refractivity contribution in [2.75, 3.05) is 6.54 Å². The SMILES string of the molecule is C=C(Cl)CN[C@H]1CCc2ccccc21. The number of fused-ring (bicyclic) bond motifs is 1. The Kier molecular flexibility index (Phi) is 2.90. The Morgan fingerprint density at radius 2 is 2.29 bits per heavy atom. The summed E-state index contributed by atoms with van der Waals surface area (Å²) in [5.41, 5.74) is 2.88. The molecule has 0 fully saturated rings. The summed E-state index contributed by atoms with van der Waals surface area (Å²) >= 11 is 5.73. The molecule has 0 aromatic heterocycles. The van der Waals surface area contributed by atoms with E-state index in [9.17, 15) is 0 Å².